The first kappa shape index (κ1) is 27.0. The second-order valence-electron chi connectivity index (χ2n) is 9.69. The van der Waals surface area contributed by atoms with Crippen molar-refractivity contribution in [2.45, 2.75) is 36.9 Å². The Hall–Kier alpha value is -4.54. The van der Waals surface area contributed by atoms with Crippen LogP contribution in [0.15, 0.2) is 91.0 Å². The standard InChI is InChI=1S/C30H28N2O8/c1-19(33)38-17-30(37)18-39-28-23(31-26(34)22-15-9-4-10-16-22)27(35)32(28)25(30)29(36)40-24(20-11-5-2-6-12-20)21-13-7-3-8-14-21/h2-16,23-25,28,37H,17-18H2,1H3,(H,31,34)/t23-,25-,28+,30+/m0/s1. The highest BCUT2D eigenvalue weighted by atomic mass is 16.6. The van der Waals surface area contributed by atoms with Gasteiger partial charge in [0.25, 0.3) is 11.8 Å². The Balaban J connectivity index is 1.43. The van der Waals surface area contributed by atoms with Gasteiger partial charge >= 0.3 is 11.9 Å². The molecule has 2 saturated heterocycles. The summed E-state index contributed by atoms with van der Waals surface area (Å²) in [7, 11) is 0. The number of benzene rings is 3. The minimum Gasteiger partial charge on any atom is -0.463 e. The van der Waals surface area contributed by atoms with E-state index in [4.69, 9.17) is 14.2 Å². The number of esters is 2. The number of aliphatic hydroxyl groups is 1. The number of amides is 2. The van der Waals surface area contributed by atoms with Crippen LogP contribution in [0.25, 0.3) is 0 Å². The van der Waals surface area contributed by atoms with Gasteiger partial charge in [0.2, 0.25) is 0 Å². The molecule has 0 unspecified atom stereocenters. The molecule has 2 aliphatic heterocycles. The summed E-state index contributed by atoms with van der Waals surface area (Å²) in [5.41, 5.74) is -0.393. The van der Waals surface area contributed by atoms with Crippen molar-refractivity contribution in [2.24, 2.45) is 0 Å². The van der Waals surface area contributed by atoms with Crippen molar-refractivity contribution in [2.75, 3.05) is 13.2 Å². The van der Waals surface area contributed by atoms with Gasteiger partial charge in [-0.1, -0.05) is 78.9 Å². The molecule has 2 N–H and O–H groups in total. The van der Waals surface area contributed by atoms with E-state index >= 15 is 0 Å². The quantitative estimate of drug-likeness (QED) is 0.325. The van der Waals surface area contributed by atoms with E-state index in [2.05, 4.69) is 5.32 Å². The highest BCUT2D eigenvalue weighted by molar-refractivity contribution is 6.01. The minimum atomic E-state index is -2.10. The maximum Gasteiger partial charge on any atom is 0.333 e. The zero-order valence-corrected chi connectivity index (χ0v) is 21.6. The van der Waals surface area contributed by atoms with E-state index in [0.29, 0.717) is 16.7 Å². The van der Waals surface area contributed by atoms with E-state index in [0.717, 1.165) is 11.8 Å². The Labute approximate surface area is 230 Å². The fourth-order valence-electron chi connectivity index (χ4n) is 4.90. The van der Waals surface area contributed by atoms with Crippen LogP contribution >= 0.6 is 0 Å². The molecule has 2 amide bonds. The molecule has 5 rings (SSSR count). The molecule has 0 spiro atoms. The Morgan fingerprint density at radius 3 is 2.08 bits per heavy atom. The van der Waals surface area contributed by atoms with E-state index in [1.165, 1.54) is 0 Å². The first-order chi connectivity index (χ1) is 19.3. The lowest BCUT2D eigenvalue weighted by atomic mass is 9.86. The first-order valence-electron chi connectivity index (χ1n) is 12.7. The summed E-state index contributed by atoms with van der Waals surface area (Å²) in [4.78, 5) is 52.5. The number of hydrogen-bond acceptors (Lipinski definition) is 8. The molecule has 40 heavy (non-hydrogen) atoms. The zero-order chi connectivity index (χ0) is 28.3. The summed E-state index contributed by atoms with van der Waals surface area (Å²) in [6.07, 6.45) is -1.89. The number of fused-ring (bicyclic) bond motifs is 1. The van der Waals surface area contributed by atoms with Crippen LogP contribution in [0.4, 0.5) is 0 Å². The molecule has 0 bridgehead atoms. The van der Waals surface area contributed by atoms with Crippen LogP contribution in [0.2, 0.25) is 0 Å². The molecule has 0 saturated carbocycles. The Morgan fingerprint density at radius 2 is 1.52 bits per heavy atom. The van der Waals surface area contributed by atoms with Gasteiger partial charge in [-0.3, -0.25) is 19.3 Å². The number of nitrogens with one attached hydrogen (secondary N) is 1. The normalized spacial score (nSPS) is 23.5. The molecule has 0 aliphatic carbocycles. The third-order valence-electron chi connectivity index (χ3n) is 6.88. The topological polar surface area (TPSA) is 131 Å². The highest BCUT2D eigenvalue weighted by Crippen LogP contribution is 2.38. The summed E-state index contributed by atoms with van der Waals surface area (Å²) >= 11 is 0. The number of ether oxygens (including phenoxy) is 3. The second kappa shape index (κ2) is 11.3. The highest BCUT2D eigenvalue weighted by Gasteiger charge is 2.64. The van der Waals surface area contributed by atoms with Crippen molar-refractivity contribution in [1.82, 2.24) is 10.2 Å². The predicted octanol–water partition coefficient (Wildman–Crippen LogP) is 1.98. The largest absolute Gasteiger partial charge is 0.463 e. The number of β-lactam (4-membered cyclic amide) rings is 1. The van der Waals surface area contributed by atoms with Crippen molar-refractivity contribution in [1.29, 1.82) is 0 Å². The molecule has 2 fully saturated rings. The fraction of sp³-hybridized carbons (Fsp3) is 0.267. The number of carbonyl (C=O) groups is 4. The zero-order valence-electron chi connectivity index (χ0n) is 21.6. The number of hydrogen-bond donors (Lipinski definition) is 2. The van der Waals surface area contributed by atoms with Gasteiger partial charge in [-0.15, -0.1) is 0 Å². The lowest BCUT2D eigenvalue weighted by Crippen LogP contribution is -2.82. The third-order valence-corrected chi connectivity index (χ3v) is 6.88. The van der Waals surface area contributed by atoms with E-state index in [9.17, 15) is 24.3 Å². The molecule has 2 aliphatic rings. The van der Waals surface area contributed by atoms with Crippen molar-refractivity contribution in [3.05, 3.63) is 108 Å². The maximum atomic E-state index is 13.8. The number of rotatable bonds is 8. The summed E-state index contributed by atoms with van der Waals surface area (Å²) in [5, 5.41) is 14.1. The summed E-state index contributed by atoms with van der Waals surface area (Å²) in [6, 6.07) is 23.8. The Kier molecular flexibility index (Phi) is 7.63. The Bertz CT molecular complexity index is 1350. The maximum absolute atomic E-state index is 13.8. The van der Waals surface area contributed by atoms with Gasteiger partial charge in [0, 0.05) is 12.5 Å². The summed E-state index contributed by atoms with van der Waals surface area (Å²) in [6.45, 7) is 0.0997. The van der Waals surface area contributed by atoms with Crippen LogP contribution in [-0.2, 0) is 28.6 Å². The number of carbonyl (C=O) groups excluding carboxylic acids is 4. The van der Waals surface area contributed by atoms with Crippen molar-refractivity contribution in [3.8, 4) is 0 Å². The van der Waals surface area contributed by atoms with E-state index < -0.39 is 67.0 Å². The molecule has 3 aromatic rings. The van der Waals surface area contributed by atoms with Gasteiger partial charge in [0.1, 0.15) is 6.61 Å². The van der Waals surface area contributed by atoms with Crippen LogP contribution in [-0.4, -0.2) is 70.9 Å². The van der Waals surface area contributed by atoms with Gasteiger partial charge in [-0.05, 0) is 23.3 Å². The lowest BCUT2D eigenvalue weighted by molar-refractivity contribution is -0.265. The van der Waals surface area contributed by atoms with Crippen LogP contribution in [0, 0.1) is 0 Å². The smallest absolute Gasteiger partial charge is 0.333 e. The summed E-state index contributed by atoms with van der Waals surface area (Å²) in [5.74, 6) is -2.73. The average molecular weight is 545 g/mol. The lowest BCUT2D eigenvalue weighted by Gasteiger charge is -2.56. The Morgan fingerprint density at radius 1 is 0.975 bits per heavy atom. The summed E-state index contributed by atoms with van der Waals surface area (Å²) < 4.78 is 16.8. The average Bonchev–Trinajstić information content (AvgIpc) is 2.98. The second-order valence-corrected chi connectivity index (χ2v) is 9.69. The molecular formula is C30H28N2O8. The monoisotopic (exact) mass is 544 g/mol. The van der Waals surface area contributed by atoms with Crippen molar-refractivity contribution < 1.29 is 38.5 Å². The van der Waals surface area contributed by atoms with Gasteiger partial charge in [-0.25, -0.2) is 4.79 Å². The molecule has 4 atom stereocenters. The first-order valence-corrected chi connectivity index (χ1v) is 12.7. The van der Waals surface area contributed by atoms with E-state index in [1.807, 2.05) is 12.1 Å². The van der Waals surface area contributed by atoms with E-state index in [1.54, 1.807) is 78.9 Å². The van der Waals surface area contributed by atoms with Crippen LogP contribution < -0.4 is 5.32 Å². The molecule has 2 heterocycles. The van der Waals surface area contributed by atoms with Crippen LogP contribution in [0.1, 0.15) is 34.5 Å². The predicted molar refractivity (Wildman–Crippen MR) is 140 cm³/mol. The van der Waals surface area contributed by atoms with Crippen LogP contribution in [0.5, 0.6) is 0 Å². The minimum absolute atomic E-state index is 0.348. The SMILES string of the molecule is CC(=O)OC[C@@]1(O)CO[C@@H]2[C@@H](NC(=O)c3ccccc3)C(=O)N2[C@H]1C(=O)OC(c1ccccc1)c1ccccc1. The number of nitrogens with zero attached hydrogens (tertiary/aromatic N) is 1. The molecule has 3 aromatic carbocycles. The van der Waals surface area contributed by atoms with Gasteiger partial charge < -0.3 is 24.6 Å². The molecule has 206 valence electrons. The van der Waals surface area contributed by atoms with Crippen molar-refractivity contribution >= 4 is 23.8 Å². The van der Waals surface area contributed by atoms with Crippen molar-refractivity contribution in [3.63, 3.8) is 0 Å². The van der Waals surface area contributed by atoms with Gasteiger partial charge in [0.05, 0.1) is 6.61 Å². The van der Waals surface area contributed by atoms with Crippen LogP contribution in [0.3, 0.4) is 0 Å². The molecule has 10 nitrogen and oxygen atoms in total. The van der Waals surface area contributed by atoms with Gasteiger partial charge in [-0.2, -0.15) is 0 Å². The molecular weight excluding hydrogens is 516 g/mol. The fourth-order valence-corrected chi connectivity index (χ4v) is 4.90. The van der Waals surface area contributed by atoms with Gasteiger partial charge in [0.15, 0.2) is 30.0 Å². The molecule has 0 aromatic heterocycles. The molecule has 10 heteroatoms. The van der Waals surface area contributed by atoms with E-state index in [-0.39, 0.29) is 0 Å². The molecule has 0 radical (unpaired) electrons. The third kappa shape index (κ3) is 5.31.